The summed E-state index contributed by atoms with van der Waals surface area (Å²) in [6.07, 6.45) is 2.21. The van der Waals surface area contributed by atoms with Crippen LogP contribution in [0.4, 0.5) is 0 Å². The van der Waals surface area contributed by atoms with Crippen LogP contribution in [0.5, 0.6) is 5.75 Å². The number of hydrogen-bond donors (Lipinski definition) is 1. The van der Waals surface area contributed by atoms with E-state index in [9.17, 15) is 4.79 Å². The second-order valence-electron chi connectivity index (χ2n) is 4.19. The van der Waals surface area contributed by atoms with E-state index in [0.717, 1.165) is 19.4 Å². The molecule has 0 aromatic heterocycles. The van der Waals surface area contributed by atoms with E-state index in [4.69, 9.17) is 21.1 Å². The van der Waals surface area contributed by atoms with Crippen molar-refractivity contribution in [1.29, 1.82) is 0 Å². The van der Waals surface area contributed by atoms with E-state index in [1.807, 2.05) is 0 Å². The fraction of sp³-hybridized carbons (Fsp3) is 0.462. The number of ether oxygens (including phenoxy) is 2. The molecular weight excluding hydrogens is 254 g/mol. The molecule has 1 unspecified atom stereocenters. The number of hydrogen-bond acceptors (Lipinski definition) is 3. The molecule has 0 aliphatic carbocycles. The van der Waals surface area contributed by atoms with Crippen LogP contribution in [0.15, 0.2) is 18.2 Å². The number of methoxy groups -OCH3 is 1. The molecule has 1 atom stereocenters. The fourth-order valence-electron chi connectivity index (χ4n) is 1.92. The molecule has 5 heteroatoms. The zero-order valence-electron chi connectivity index (χ0n) is 10.2. The highest BCUT2D eigenvalue weighted by atomic mass is 35.5. The first-order chi connectivity index (χ1) is 8.70. The van der Waals surface area contributed by atoms with Crippen LogP contribution >= 0.6 is 11.6 Å². The highest BCUT2D eigenvalue weighted by Gasteiger charge is 2.17. The first-order valence-corrected chi connectivity index (χ1v) is 6.32. The molecule has 0 spiro atoms. The quantitative estimate of drug-likeness (QED) is 0.912. The third-order valence-corrected chi connectivity index (χ3v) is 3.22. The van der Waals surface area contributed by atoms with Gasteiger partial charge in [-0.3, -0.25) is 4.79 Å². The van der Waals surface area contributed by atoms with Gasteiger partial charge in [0.2, 0.25) is 0 Å². The molecule has 1 aromatic carbocycles. The van der Waals surface area contributed by atoms with E-state index in [1.165, 1.54) is 0 Å². The summed E-state index contributed by atoms with van der Waals surface area (Å²) in [5, 5.41) is 3.27. The molecule has 2 rings (SSSR count). The van der Waals surface area contributed by atoms with Gasteiger partial charge in [0.1, 0.15) is 5.75 Å². The Hall–Kier alpha value is -1.26. The van der Waals surface area contributed by atoms with Crippen molar-refractivity contribution in [1.82, 2.24) is 5.32 Å². The lowest BCUT2D eigenvalue weighted by Gasteiger charge is -2.11. The van der Waals surface area contributed by atoms with Crippen LogP contribution in [0.3, 0.4) is 0 Å². The smallest absolute Gasteiger partial charge is 0.251 e. The van der Waals surface area contributed by atoms with Crippen molar-refractivity contribution in [2.75, 3.05) is 20.3 Å². The lowest BCUT2D eigenvalue weighted by atomic mass is 10.2. The van der Waals surface area contributed by atoms with Gasteiger partial charge in [-0.05, 0) is 31.0 Å². The van der Waals surface area contributed by atoms with Crippen LogP contribution in [0.1, 0.15) is 23.2 Å². The van der Waals surface area contributed by atoms with Gasteiger partial charge in [0.05, 0.1) is 18.2 Å². The normalized spacial score (nSPS) is 18.7. The Balaban J connectivity index is 1.93. The van der Waals surface area contributed by atoms with Gasteiger partial charge in [-0.15, -0.1) is 0 Å². The largest absolute Gasteiger partial charge is 0.495 e. The van der Waals surface area contributed by atoms with Crippen LogP contribution in [-0.4, -0.2) is 32.3 Å². The van der Waals surface area contributed by atoms with E-state index in [2.05, 4.69) is 5.32 Å². The molecule has 98 valence electrons. The summed E-state index contributed by atoms with van der Waals surface area (Å²) in [7, 11) is 1.54. The molecule has 1 N–H and O–H groups in total. The SMILES string of the molecule is COc1ccc(C(=O)NCC2CCCO2)cc1Cl. The minimum absolute atomic E-state index is 0.141. The summed E-state index contributed by atoms with van der Waals surface area (Å²) in [5.74, 6) is 0.419. The first kappa shape index (κ1) is 13.2. The Morgan fingerprint density at radius 2 is 2.44 bits per heavy atom. The highest BCUT2D eigenvalue weighted by molar-refractivity contribution is 6.32. The summed E-state index contributed by atoms with van der Waals surface area (Å²) in [5.41, 5.74) is 0.527. The van der Waals surface area contributed by atoms with Gasteiger partial charge in [-0.2, -0.15) is 0 Å². The third kappa shape index (κ3) is 3.15. The number of benzene rings is 1. The summed E-state index contributed by atoms with van der Waals surface area (Å²) in [6, 6.07) is 4.98. The summed E-state index contributed by atoms with van der Waals surface area (Å²) < 4.78 is 10.5. The standard InChI is InChI=1S/C13H16ClNO3/c1-17-12-5-4-9(7-11(12)14)13(16)15-8-10-3-2-6-18-10/h4-5,7,10H,2-3,6,8H2,1H3,(H,15,16). The lowest BCUT2D eigenvalue weighted by molar-refractivity contribution is 0.0858. The maximum atomic E-state index is 11.9. The molecule has 0 bridgehead atoms. The average Bonchev–Trinajstić information content (AvgIpc) is 2.89. The van der Waals surface area contributed by atoms with Crippen molar-refractivity contribution in [2.45, 2.75) is 18.9 Å². The molecule has 1 heterocycles. The van der Waals surface area contributed by atoms with Gasteiger partial charge in [0.15, 0.2) is 0 Å². The van der Waals surface area contributed by atoms with Crippen LogP contribution in [-0.2, 0) is 4.74 Å². The minimum Gasteiger partial charge on any atom is -0.495 e. The zero-order chi connectivity index (χ0) is 13.0. The van der Waals surface area contributed by atoms with E-state index in [0.29, 0.717) is 22.9 Å². The summed E-state index contributed by atoms with van der Waals surface area (Å²) in [4.78, 5) is 11.9. The monoisotopic (exact) mass is 269 g/mol. The van der Waals surface area contributed by atoms with Crippen molar-refractivity contribution >= 4 is 17.5 Å². The Morgan fingerprint density at radius 3 is 3.06 bits per heavy atom. The van der Waals surface area contributed by atoms with Crippen molar-refractivity contribution in [3.8, 4) is 5.75 Å². The Morgan fingerprint density at radius 1 is 1.61 bits per heavy atom. The predicted molar refractivity (Wildman–Crippen MR) is 69.3 cm³/mol. The van der Waals surface area contributed by atoms with Crippen LogP contribution in [0, 0.1) is 0 Å². The highest BCUT2D eigenvalue weighted by Crippen LogP contribution is 2.24. The molecule has 1 amide bonds. The van der Waals surface area contributed by atoms with Gasteiger partial charge in [0.25, 0.3) is 5.91 Å². The van der Waals surface area contributed by atoms with Crippen molar-refractivity contribution in [3.05, 3.63) is 28.8 Å². The molecule has 4 nitrogen and oxygen atoms in total. The van der Waals surface area contributed by atoms with Gasteiger partial charge in [-0.25, -0.2) is 0 Å². The topological polar surface area (TPSA) is 47.6 Å². The van der Waals surface area contributed by atoms with Gasteiger partial charge in [0, 0.05) is 18.7 Å². The van der Waals surface area contributed by atoms with E-state index in [-0.39, 0.29) is 12.0 Å². The molecular formula is C13H16ClNO3. The fourth-order valence-corrected chi connectivity index (χ4v) is 2.18. The van der Waals surface area contributed by atoms with E-state index in [1.54, 1.807) is 25.3 Å². The lowest BCUT2D eigenvalue weighted by Crippen LogP contribution is -2.31. The maximum absolute atomic E-state index is 11.9. The van der Waals surface area contributed by atoms with Gasteiger partial charge >= 0.3 is 0 Å². The molecule has 1 aromatic rings. The number of amides is 1. The molecule has 18 heavy (non-hydrogen) atoms. The van der Waals surface area contributed by atoms with Gasteiger partial charge in [-0.1, -0.05) is 11.6 Å². The van der Waals surface area contributed by atoms with Crippen molar-refractivity contribution in [3.63, 3.8) is 0 Å². The third-order valence-electron chi connectivity index (χ3n) is 2.93. The number of rotatable bonds is 4. The van der Waals surface area contributed by atoms with Crippen molar-refractivity contribution < 1.29 is 14.3 Å². The first-order valence-electron chi connectivity index (χ1n) is 5.94. The molecule has 1 aliphatic heterocycles. The minimum atomic E-state index is -0.143. The van der Waals surface area contributed by atoms with E-state index < -0.39 is 0 Å². The van der Waals surface area contributed by atoms with Crippen LogP contribution < -0.4 is 10.1 Å². The number of halogens is 1. The number of carbonyl (C=O) groups excluding carboxylic acids is 1. The summed E-state index contributed by atoms with van der Waals surface area (Å²) in [6.45, 7) is 1.33. The second kappa shape index (κ2) is 6.07. The predicted octanol–water partition coefficient (Wildman–Crippen LogP) is 2.26. The Bertz CT molecular complexity index is 430. The van der Waals surface area contributed by atoms with Gasteiger partial charge < -0.3 is 14.8 Å². The summed E-state index contributed by atoms with van der Waals surface area (Å²) >= 11 is 5.97. The second-order valence-corrected chi connectivity index (χ2v) is 4.60. The Kier molecular flexibility index (Phi) is 4.44. The molecule has 0 radical (unpaired) electrons. The number of nitrogens with one attached hydrogen (secondary N) is 1. The molecule has 0 saturated carbocycles. The Labute approximate surface area is 111 Å². The zero-order valence-corrected chi connectivity index (χ0v) is 11.0. The van der Waals surface area contributed by atoms with Crippen LogP contribution in [0.2, 0.25) is 5.02 Å². The van der Waals surface area contributed by atoms with Crippen LogP contribution in [0.25, 0.3) is 0 Å². The average molecular weight is 270 g/mol. The molecule has 1 fully saturated rings. The molecule has 1 saturated heterocycles. The van der Waals surface area contributed by atoms with Crippen molar-refractivity contribution in [2.24, 2.45) is 0 Å². The molecule has 1 aliphatic rings. The van der Waals surface area contributed by atoms with E-state index >= 15 is 0 Å². The maximum Gasteiger partial charge on any atom is 0.251 e. The number of carbonyl (C=O) groups is 1.